The molecule has 1 saturated heterocycles. The Balaban J connectivity index is 1.62. The molecular weight excluding hydrogens is 432 g/mol. The first-order chi connectivity index (χ1) is 15.2. The number of methoxy groups -OCH3 is 1. The summed E-state index contributed by atoms with van der Waals surface area (Å²) in [5, 5.41) is 2.67. The molecule has 172 valence electrons. The molecular formula is C22H28N4O5S. The molecule has 2 heterocycles. The van der Waals surface area contributed by atoms with E-state index in [4.69, 9.17) is 4.74 Å². The van der Waals surface area contributed by atoms with E-state index in [1.807, 2.05) is 13.0 Å². The number of carbonyl (C=O) groups is 2. The third-order valence-corrected chi connectivity index (χ3v) is 7.25. The van der Waals surface area contributed by atoms with E-state index in [2.05, 4.69) is 10.3 Å². The fourth-order valence-electron chi connectivity index (χ4n) is 3.65. The summed E-state index contributed by atoms with van der Waals surface area (Å²) < 4.78 is 32.5. The van der Waals surface area contributed by atoms with Gasteiger partial charge in [-0.3, -0.25) is 9.59 Å². The smallest absolute Gasteiger partial charge is 0.245 e. The van der Waals surface area contributed by atoms with Gasteiger partial charge in [-0.1, -0.05) is 0 Å². The Bertz CT molecular complexity index is 1070. The maximum Gasteiger partial charge on any atom is 0.245 e. The van der Waals surface area contributed by atoms with Crippen molar-refractivity contribution in [2.45, 2.75) is 24.7 Å². The highest BCUT2D eigenvalue weighted by Gasteiger charge is 2.34. The molecule has 1 aromatic heterocycles. The standard InChI is InChI=1S/C22H28N4O5S/c1-16-10-11-23-20(13-16)24-21(27)15-25(2)22(28)17-5-4-12-26(14-17)32(29,30)19-8-6-18(31-3)7-9-19/h6-11,13,17H,4-5,12,14-15H2,1-3H3,(H,23,24,27). The number of hydrogen-bond donors (Lipinski definition) is 1. The summed E-state index contributed by atoms with van der Waals surface area (Å²) in [7, 11) is -0.671. The van der Waals surface area contributed by atoms with Crippen LogP contribution in [0.2, 0.25) is 0 Å². The third kappa shape index (κ3) is 5.63. The summed E-state index contributed by atoms with van der Waals surface area (Å²) in [4.78, 5) is 30.8. The Kier molecular flexibility index (Phi) is 7.47. The first kappa shape index (κ1) is 23.7. The number of anilines is 1. The molecule has 1 atom stereocenters. The summed E-state index contributed by atoms with van der Waals surface area (Å²) in [5.74, 6) is -0.141. The second-order valence-corrected chi connectivity index (χ2v) is 9.78. The van der Waals surface area contributed by atoms with Gasteiger partial charge in [0.05, 0.1) is 24.5 Å². The molecule has 1 aliphatic heterocycles. The number of pyridine rings is 1. The number of hydrogen-bond acceptors (Lipinski definition) is 6. The molecule has 0 radical (unpaired) electrons. The number of amides is 2. The minimum atomic E-state index is -3.73. The third-order valence-electron chi connectivity index (χ3n) is 5.37. The Labute approximate surface area is 188 Å². The van der Waals surface area contributed by atoms with Gasteiger partial charge in [0.2, 0.25) is 21.8 Å². The molecule has 10 heteroatoms. The fraction of sp³-hybridized carbons (Fsp3) is 0.409. The number of sulfonamides is 1. The van der Waals surface area contributed by atoms with Gasteiger partial charge in [-0.05, 0) is 61.7 Å². The molecule has 1 aromatic carbocycles. The summed E-state index contributed by atoms with van der Waals surface area (Å²) in [6.45, 7) is 2.18. The van der Waals surface area contributed by atoms with E-state index < -0.39 is 15.9 Å². The van der Waals surface area contributed by atoms with Crippen LogP contribution in [0.5, 0.6) is 5.75 Å². The lowest BCUT2D eigenvalue weighted by Crippen LogP contribution is -2.47. The SMILES string of the molecule is COc1ccc(S(=O)(=O)N2CCCC(C(=O)N(C)CC(=O)Nc3cc(C)ccn3)C2)cc1. The number of rotatable bonds is 7. The van der Waals surface area contributed by atoms with Gasteiger partial charge in [-0.25, -0.2) is 13.4 Å². The molecule has 1 N–H and O–H groups in total. The zero-order valence-electron chi connectivity index (χ0n) is 18.4. The maximum absolute atomic E-state index is 13.0. The van der Waals surface area contributed by atoms with E-state index >= 15 is 0 Å². The first-order valence-electron chi connectivity index (χ1n) is 10.3. The molecule has 0 bridgehead atoms. The highest BCUT2D eigenvalue weighted by molar-refractivity contribution is 7.89. The number of carbonyl (C=O) groups excluding carboxylic acids is 2. The van der Waals surface area contributed by atoms with Gasteiger partial charge in [0.1, 0.15) is 11.6 Å². The molecule has 3 rings (SSSR count). The lowest BCUT2D eigenvalue weighted by molar-refractivity contribution is -0.138. The monoisotopic (exact) mass is 460 g/mol. The average molecular weight is 461 g/mol. The van der Waals surface area contributed by atoms with E-state index in [0.717, 1.165) is 5.56 Å². The molecule has 0 spiro atoms. The lowest BCUT2D eigenvalue weighted by Gasteiger charge is -2.33. The second kappa shape index (κ2) is 10.1. The molecule has 1 fully saturated rings. The van der Waals surface area contributed by atoms with Crippen molar-refractivity contribution in [3.05, 3.63) is 48.2 Å². The van der Waals surface area contributed by atoms with Crippen molar-refractivity contribution in [1.82, 2.24) is 14.2 Å². The number of nitrogens with zero attached hydrogens (tertiary/aromatic N) is 3. The van der Waals surface area contributed by atoms with Crippen LogP contribution >= 0.6 is 0 Å². The van der Waals surface area contributed by atoms with Gasteiger partial charge in [-0.2, -0.15) is 4.31 Å². The number of aromatic nitrogens is 1. The quantitative estimate of drug-likeness (QED) is 0.676. The van der Waals surface area contributed by atoms with E-state index in [1.165, 1.54) is 28.4 Å². The van der Waals surface area contributed by atoms with Crippen molar-refractivity contribution in [2.75, 3.05) is 39.1 Å². The van der Waals surface area contributed by atoms with Crippen molar-refractivity contribution >= 4 is 27.7 Å². The number of piperidine rings is 1. The van der Waals surface area contributed by atoms with E-state index in [-0.39, 0.29) is 29.8 Å². The van der Waals surface area contributed by atoms with E-state index in [9.17, 15) is 18.0 Å². The van der Waals surface area contributed by atoms with Gasteiger partial charge in [-0.15, -0.1) is 0 Å². The van der Waals surface area contributed by atoms with Crippen LogP contribution in [-0.4, -0.2) is 68.2 Å². The van der Waals surface area contributed by atoms with Gasteiger partial charge in [0, 0.05) is 26.3 Å². The van der Waals surface area contributed by atoms with Crippen LogP contribution in [0, 0.1) is 12.8 Å². The zero-order chi connectivity index (χ0) is 23.3. The summed E-state index contributed by atoms with van der Waals surface area (Å²) in [6, 6.07) is 9.73. The summed E-state index contributed by atoms with van der Waals surface area (Å²) in [5.41, 5.74) is 0.958. The highest BCUT2D eigenvalue weighted by Crippen LogP contribution is 2.26. The normalized spacial score (nSPS) is 16.9. The van der Waals surface area contributed by atoms with Crippen LogP contribution in [-0.2, 0) is 19.6 Å². The van der Waals surface area contributed by atoms with Crippen LogP contribution in [0.15, 0.2) is 47.5 Å². The number of aryl methyl sites for hydroxylation is 1. The van der Waals surface area contributed by atoms with E-state index in [1.54, 1.807) is 31.4 Å². The number of ether oxygens (including phenoxy) is 1. The van der Waals surface area contributed by atoms with Crippen LogP contribution in [0.1, 0.15) is 18.4 Å². The van der Waals surface area contributed by atoms with Crippen molar-refractivity contribution < 1.29 is 22.7 Å². The van der Waals surface area contributed by atoms with Crippen LogP contribution in [0.3, 0.4) is 0 Å². The Morgan fingerprint density at radius 3 is 2.62 bits per heavy atom. The van der Waals surface area contributed by atoms with Crippen LogP contribution in [0.25, 0.3) is 0 Å². The average Bonchev–Trinajstić information content (AvgIpc) is 2.78. The molecule has 2 aromatic rings. The Morgan fingerprint density at radius 1 is 1.25 bits per heavy atom. The highest BCUT2D eigenvalue weighted by atomic mass is 32.2. The van der Waals surface area contributed by atoms with Crippen molar-refractivity contribution in [3.8, 4) is 5.75 Å². The predicted octanol–water partition coefficient (Wildman–Crippen LogP) is 1.90. The zero-order valence-corrected chi connectivity index (χ0v) is 19.3. The van der Waals surface area contributed by atoms with Gasteiger partial charge < -0.3 is 15.0 Å². The lowest BCUT2D eigenvalue weighted by atomic mass is 9.98. The fourth-order valence-corrected chi connectivity index (χ4v) is 5.17. The molecule has 0 aliphatic carbocycles. The molecule has 1 unspecified atom stereocenters. The molecule has 2 amide bonds. The summed E-state index contributed by atoms with van der Waals surface area (Å²) in [6.07, 6.45) is 2.73. The molecule has 32 heavy (non-hydrogen) atoms. The summed E-state index contributed by atoms with van der Waals surface area (Å²) >= 11 is 0. The topological polar surface area (TPSA) is 109 Å². The van der Waals surface area contributed by atoms with Crippen LogP contribution in [0.4, 0.5) is 5.82 Å². The minimum Gasteiger partial charge on any atom is -0.497 e. The molecule has 1 aliphatic rings. The first-order valence-corrected chi connectivity index (χ1v) is 11.8. The maximum atomic E-state index is 13.0. The van der Waals surface area contributed by atoms with Gasteiger partial charge in [0.15, 0.2) is 0 Å². The van der Waals surface area contributed by atoms with Gasteiger partial charge in [0.25, 0.3) is 0 Å². The number of benzene rings is 1. The second-order valence-electron chi connectivity index (χ2n) is 7.84. The Morgan fingerprint density at radius 2 is 1.97 bits per heavy atom. The molecule has 9 nitrogen and oxygen atoms in total. The van der Waals surface area contributed by atoms with E-state index in [0.29, 0.717) is 31.0 Å². The number of nitrogens with one attached hydrogen (secondary N) is 1. The van der Waals surface area contributed by atoms with Crippen molar-refractivity contribution in [3.63, 3.8) is 0 Å². The number of likely N-dealkylation sites (N-methyl/N-ethyl adjacent to an activating group) is 1. The van der Waals surface area contributed by atoms with Crippen LogP contribution < -0.4 is 10.1 Å². The van der Waals surface area contributed by atoms with Crippen molar-refractivity contribution in [2.24, 2.45) is 5.92 Å². The largest absolute Gasteiger partial charge is 0.497 e. The Hall–Kier alpha value is -2.98. The van der Waals surface area contributed by atoms with Crippen molar-refractivity contribution in [1.29, 1.82) is 0 Å². The predicted molar refractivity (Wildman–Crippen MR) is 120 cm³/mol. The minimum absolute atomic E-state index is 0.0819. The molecule has 0 saturated carbocycles. The van der Waals surface area contributed by atoms with Gasteiger partial charge >= 0.3 is 0 Å².